The number of anilines is 2. The molecule has 92 valence electrons. The van der Waals surface area contributed by atoms with Crippen LogP contribution in [0.2, 0.25) is 0 Å². The highest BCUT2D eigenvalue weighted by Crippen LogP contribution is 2.34. The molecule has 0 aliphatic carbocycles. The van der Waals surface area contributed by atoms with Gasteiger partial charge in [-0.15, -0.1) is 0 Å². The fraction of sp³-hybridized carbons (Fsp3) is 0.167. The molecule has 0 spiro atoms. The van der Waals surface area contributed by atoms with Crippen LogP contribution in [-0.4, -0.2) is 29.8 Å². The molecule has 0 bridgehead atoms. The summed E-state index contributed by atoms with van der Waals surface area (Å²) >= 11 is 0. The lowest BCUT2D eigenvalue weighted by Crippen LogP contribution is -2.35. The summed E-state index contributed by atoms with van der Waals surface area (Å²) in [7, 11) is 1.73. The van der Waals surface area contributed by atoms with Gasteiger partial charge < -0.3 is 15.4 Å². The number of carbonyl (C=O) groups is 1. The second-order valence-corrected chi connectivity index (χ2v) is 4.13. The van der Waals surface area contributed by atoms with E-state index in [-0.39, 0.29) is 12.5 Å². The van der Waals surface area contributed by atoms with Crippen molar-refractivity contribution < 1.29 is 9.53 Å². The van der Waals surface area contributed by atoms with Crippen molar-refractivity contribution in [3.8, 4) is 17.0 Å². The molecule has 1 aromatic heterocycles. The largest absolute Gasteiger partial charge is 0.482 e. The van der Waals surface area contributed by atoms with Crippen molar-refractivity contribution in [3.63, 3.8) is 0 Å². The van der Waals surface area contributed by atoms with Crippen LogP contribution in [0.5, 0.6) is 5.75 Å². The normalized spacial score (nSPS) is 14.3. The third-order valence-electron chi connectivity index (χ3n) is 2.95. The summed E-state index contributed by atoms with van der Waals surface area (Å²) in [6.07, 6.45) is 0. The van der Waals surface area contributed by atoms with Gasteiger partial charge in [-0.25, -0.2) is 0 Å². The minimum atomic E-state index is -0.0659. The number of hydrogen-bond donors (Lipinski definition) is 2. The van der Waals surface area contributed by atoms with Crippen molar-refractivity contribution in [2.24, 2.45) is 0 Å². The van der Waals surface area contributed by atoms with Crippen molar-refractivity contribution in [3.05, 3.63) is 24.3 Å². The van der Waals surface area contributed by atoms with Crippen LogP contribution >= 0.6 is 0 Å². The molecule has 1 aliphatic rings. The third kappa shape index (κ3) is 1.58. The second-order valence-electron chi connectivity index (χ2n) is 4.13. The quantitative estimate of drug-likeness (QED) is 0.784. The van der Waals surface area contributed by atoms with E-state index in [1.54, 1.807) is 18.0 Å². The molecule has 1 aliphatic heterocycles. The maximum Gasteiger partial charge on any atom is 0.264 e. The summed E-state index contributed by atoms with van der Waals surface area (Å²) < 4.78 is 5.36. The SMILES string of the molecule is CN1C(=O)COc2ccc(-c3cc(N)n[nH]3)cc21. The average Bonchev–Trinajstić information content (AvgIpc) is 2.80. The average molecular weight is 244 g/mol. The lowest BCUT2D eigenvalue weighted by molar-refractivity contribution is -0.120. The van der Waals surface area contributed by atoms with Crippen LogP contribution in [0.1, 0.15) is 0 Å². The summed E-state index contributed by atoms with van der Waals surface area (Å²) in [6.45, 7) is 0.0832. The molecule has 6 nitrogen and oxygen atoms in total. The van der Waals surface area contributed by atoms with Crippen molar-refractivity contribution in [2.45, 2.75) is 0 Å². The van der Waals surface area contributed by atoms with Crippen LogP contribution in [0.15, 0.2) is 24.3 Å². The lowest BCUT2D eigenvalue weighted by atomic mass is 10.1. The van der Waals surface area contributed by atoms with Crippen LogP contribution in [0.25, 0.3) is 11.3 Å². The van der Waals surface area contributed by atoms with Gasteiger partial charge in [0.1, 0.15) is 11.6 Å². The zero-order chi connectivity index (χ0) is 12.7. The van der Waals surface area contributed by atoms with Crippen LogP contribution in [0.3, 0.4) is 0 Å². The van der Waals surface area contributed by atoms with Gasteiger partial charge in [-0.3, -0.25) is 9.89 Å². The van der Waals surface area contributed by atoms with E-state index in [0.717, 1.165) is 16.9 Å². The number of nitrogen functional groups attached to an aromatic ring is 1. The van der Waals surface area contributed by atoms with Crippen LogP contribution in [0.4, 0.5) is 11.5 Å². The summed E-state index contributed by atoms with van der Waals surface area (Å²) in [5.74, 6) is 1.07. The molecule has 0 unspecified atom stereocenters. The van der Waals surface area contributed by atoms with Crippen LogP contribution in [-0.2, 0) is 4.79 Å². The van der Waals surface area contributed by atoms with Crippen molar-refractivity contribution in [1.29, 1.82) is 0 Å². The molecule has 3 N–H and O–H groups in total. The Balaban J connectivity index is 2.07. The van der Waals surface area contributed by atoms with Gasteiger partial charge in [0.25, 0.3) is 5.91 Å². The van der Waals surface area contributed by atoms with Gasteiger partial charge in [-0.2, -0.15) is 5.10 Å². The zero-order valence-electron chi connectivity index (χ0n) is 9.80. The number of nitrogens with two attached hydrogens (primary N) is 1. The minimum Gasteiger partial charge on any atom is -0.482 e. The zero-order valence-corrected chi connectivity index (χ0v) is 9.80. The monoisotopic (exact) mass is 244 g/mol. The van der Waals surface area contributed by atoms with Gasteiger partial charge >= 0.3 is 0 Å². The van der Waals surface area contributed by atoms with E-state index in [0.29, 0.717) is 11.6 Å². The Labute approximate surface area is 103 Å². The topological polar surface area (TPSA) is 84.2 Å². The summed E-state index contributed by atoms with van der Waals surface area (Å²) in [5.41, 5.74) is 8.03. The van der Waals surface area contributed by atoms with E-state index in [2.05, 4.69) is 10.2 Å². The predicted molar refractivity (Wildman–Crippen MR) is 67.3 cm³/mol. The first-order valence-corrected chi connectivity index (χ1v) is 5.50. The van der Waals surface area contributed by atoms with E-state index in [1.165, 1.54) is 0 Å². The second kappa shape index (κ2) is 3.76. The molecule has 0 atom stereocenters. The number of rotatable bonds is 1. The molecule has 1 amide bonds. The maximum atomic E-state index is 11.6. The molecule has 6 heteroatoms. The number of benzene rings is 1. The van der Waals surface area contributed by atoms with Gasteiger partial charge in [-0.05, 0) is 18.2 Å². The van der Waals surface area contributed by atoms with Crippen molar-refractivity contribution in [2.75, 3.05) is 24.3 Å². The molecule has 2 heterocycles. The number of carbonyl (C=O) groups excluding carboxylic acids is 1. The number of aromatic amines is 1. The number of ether oxygens (including phenoxy) is 1. The minimum absolute atomic E-state index is 0.0659. The molecule has 1 aromatic carbocycles. The Morgan fingerprint density at radius 1 is 1.44 bits per heavy atom. The fourth-order valence-electron chi connectivity index (χ4n) is 1.92. The smallest absolute Gasteiger partial charge is 0.264 e. The number of aromatic nitrogens is 2. The number of nitrogens with one attached hydrogen (secondary N) is 1. The lowest BCUT2D eigenvalue weighted by Gasteiger charge is -2.26. The summed E-state index contributed by atoms with van der Waals surface area (Å²) in [6, 6.07) is 7.35. The molecule has 0 radical (unpaired) electrons. The first-order valence-electron chi connectivity index (χ1n) is 5.50. The number of nitrogens with zero attached hydrogens (tertiary/aromatic N) is 2. The molecular weight excluding hydrogens is 232 g/mol. The van der Waals surface area contributed by atoms with Gasteiger partial charge in [0.15, 0.2) is 6.61 Å². The Hall–Kier alpha value is -2.50. The highest BCUT2D eigenvalue weighted by Gasteiger charge is 2.22. The third-order valence-corrected chi connectivity index (χ3v) is 2.95. The molecule has 3 rings (SSSR count). The molecule has 18 heavy (non-hydrogen) atoms. The first kappa shape index (κ1) is 10.6. The fourth-order valence-corrected chi connectivity index (χ4v) is 1.92. The summed E-state index contributed by atoms with van der Waals surface area (Å²) in [4.78, 5) is 13.2. The van der Waals surface area contributed by atoms with E-state index in [1.807, 2.05) is 18.2 Å². The number of hydrogen-bond acceptors (Lipinski definition) is 4. The maximum absolute atomic E-state index is 11.6. The van der Waals surface area contributed by atoms with Gasteiger partial charge in [0, 0.05) is 18.7 Å². The molecule has 0 fully saturated rings. The van der Waals surface area contributed by atoms with Crippen LogP contribution in [0, 0.1) is 0 Å². The number of amides is 1. The van der Waals surface area contributed by atoms with Crippen LogP contribution < -0.4 is 15.4 Å². The number of fused-ring (bicyclic) bond motifs is 1. The van der Waals surface area contributed by atoms with Crippen molar-refractivity contribution in [1.82, 2.24) is 10.2 Å². The van der Waals surface area contributed by atoms with Gasteiger partial charge in [0.05, 0.1) is 11.4 Å². The first-order chi connectivity index (χ1) is 8.65. The Morgan fingerprint density at radius 3 is 3.00 bits per heavy atom. The van der Waals surface area contributed by atoms with E-state index in [9.17, 15) is 4.79 Å². The molecular formula is C12H12N4O2. The molecule has 2 aromatic rings. The van der Waals surface area contributed by atoms with Crippen molar-refractivity contribution >= 4 is 17.4 Å². The van der Waals surface area contributed by atoms with E-state index in [4.69, 9.17) is 10.5 Å². The molecule has 0 saturated carbocycles. The van der Waals surface area contributed by atoms with Gasteiger partial charge in [-0.1, -0.05) is 0 Å². The van der Waals surface area contributed by atoms with E-state index >= 15 is 0 Å². The van der Waals surface area contributed by atoms with E-state index < -0.39 is 0 Å². The summed E-state index contributed by atoms with van der Waals surface area (Å²) in [5, 5.41) is 6.72. The number of H-pyrrole nitrogens is 1. The standard InChI is InChI=1S/C12H12N4O2/c1-16-9-4-7(8-5-11(13)15-14-8)2-3-10(9)18-6-12(16)17/h2-5H,6H2,1H3,(H3,13,14,15). The predicted octanol–water partition coefficient (Wildman–Crippen LogP) is 1.01. The Kier molecular flexibility index (Phi) is 2.22. The molecule has 0 saturated heterocycles. The highest BCUT2D eigenvalue weighted by molar-refractivity contribution is 5.98. The Bertz CT molecular complexity index is 620. The number of likely N-dealkylation sites (N-methyl/N-ethyl adjacent to an activating group) is 1. The highest BCUT2D eigenvalue weighted by atomic mass is 16.5. The Morgan fingerprint density at radius 2 is 2.28 bits per heavy atom. The van der Waals surface area contributed by atoms with Gasteiger partial charge in [0.2, 0.25) is 0 Å².